The summed E-state index contributed by atoms with van der Waals surface area (Å²) in [5.41, 5.74) is 0.968. The molecule has 0 heterocycles. The summed E-state index contributed by atoms with van der Waals surface area (Å²) >= 11 is 0. The molecule has 0 aliphatic carbocycles. The van der Waals surface area contributed by atoms with Gasteiger partial charge in [0.2, 0.25) is 0 Å². The van der Waals surface area contributed by atoms with Gasteiger partial charge in [-0.3, -0.25) is 0 Å². The fraction of sp³-hybridized carbons (Fsp3) is 0.333. The summed E-state index contributed by atoms with van der Waals surface area (Å²) in [5.74, 6) is 0.822. The first-order chi connectivity index (χ1) is 6.11. The Morgan fingerprint density at radius 1 is 1.23 bits per heavy atom. The average Bonchev–Trinajstić information content (AvgIpc) is 2.03. The molecule has 4 heteroatoms. The van der Waals surface area contributed by atoms with E-state index in [4.69, 9.17) is 14.7 Å². The summed E-state index contributed by atoms with van der Waals surface area (Å²) in [6, 6.07) is 7.31. The Bertz CT molecular complexity index is 273. The van der Waals surface area contributed by atoms with Gasteiger partial charge in [-0.15, -0.1) is 0 Å². The lowest BCUT2D eigenvalue weighted by Gasteiger charge is -2.12. The van der Waals surface area contributed by atoms with Crippen LogP contribution in [0.4, 0.5) is 0 Å². The molecule has 2 N–H and O–H groups in total. The van der Waals surface area contributed by atoms with E-state index >= 15 is 0 Å². The lowest BCUT2D eigenvalue weighted by atomic mass is 10.0. The van der Waals surface area contributed by atoms with Crippen LogP contribution >= 0.6 is 0 Å². The van der Waals surface area contributed by atoms with Crippen molar-refractivity contribution in [1.82, 2.24) is 0 Å². The van der Waals surface area contributed by atoms with Crippen LogP contribution in [0.1, 0.15) is 25.3 Å². The normalized spacial score (nSPS) is 10.2. The van der Waals surface area contributed by atoms with Gasteiger partial charge in [-0.05, 0) is 17.5 Å². The van der Waals surface area contributed by atoms with Crippen LogP contribution in [0.3, 0.4) is 0 Å². The quantitative estimate of drug-likeness (QED) is 0.686. The van der Waals surface area contributed by atoms with Gasteiger partial charge in [-0.25, -0.2) is 0 Å². The van der Waals surface area contributed by atoms with Gasteiger partial charge in [0.1, 0.15) is 5.75 Å². The maximum absolute atomic E-state index is 8.65. The van der Waals surface area contributed by atoms with E-state index in [0.717, 1.165) is 5.56 Å². The molecule has 3 nitrogen and oxygen atoms in total. The molecule has 0 aromatic heterocycles. The molecule has 0 aliphatic rings. The summed E-state index contributed by atoms with van der Waals surface area (Å²) in [5, 5.41) is 17.3. The van der Waals surface area contributed by atoms with E-state index < -0.39 is 7.32 Å². The number of rotatable bonds is 3. The number of para-hydroxylation sites is 1. The van der Waals surface area contributed by atoms with Crippen LogP contribution in [-0.2, 0) is 0 Å². The molecule has 1 rings (SSSR count). The second kappa shape index (κ2) is 4.30. The molecule has 13 heavy (non-hydrogen) atoms. The van der Waals surface area contributed by atoms with E-state index in [-0.39, 0.29) is 0 Å². The minimum Gasteiger partial charge on any atom is -0.512 e. The Kier molecular flexibility index (Phi) is 3.34. The Balaban J connectivity index is 2.91. The topological polar surface area (TPSA) is 49.7 Å². The number of hydrogen-bond acceptors (Lipinski definition) is 3. The highest BCUT2D eigenvalue weighted by atomic mass is 16.6. The minimum absolute atomic E-state index is 0.301. The second-order valence-electron chi connectivity index (χ2n) is 3.14. The first kappa shape index (κ1) is 10.1. The zero-order valence-corrected chi connectivity index (χ0v) is 7.77. The van der Waals surface area contributed by atoms with E-state index in [1.54, 1.807) is 12.1 Å². The van der Waals surface area contributed by atoms with E-state index in [9.17, 15) is 0 Å². The SMILES string of the molecule is CC(C)c1ccccc1OB(O)O. The largest absolute Gasteiger partial charge is 0.707 e. The van der Waals surface area contributed by atoms with Gasteiger partial charge in [0.05, 0.1) is 0 Å². The molecular weight excluding hydrogens is 167 g/mol. The van der Waals surface area contributed by atoms with Crippen LogP contribution in [-0.4, -0.2) is 17.4 Å². The summed E-state index contributed by atoms with van der Waals surface area (Å²) in [6.45, 7) is 4.04. The zero-order chi connectivity index (χ0) is 9.84. The van der Waals surface area contributed by atoms with Gasteiger partial charge < -0.3 is 14.7 Å². The molecule has 0 spiro atoms. The first-order valence-corrected chi connectivity index (χ1v) is 4.23. The molecule has 0 saturated carbocycles. The molecule has 0 saturated heterocycles. The Morgan fingerprint density at radius 3 is 2.38 bits per heavy atom. The molecule has 1 aromatic carbocycles. The fourth-order valence-corrected chi connectivity index (χ4v) is 1.18. The molecule has 0 aliphatic heterocycles. The van der Waals surface area contributed by atoms with Gasteiger partial charge in [-0.2, -0.15) is 0 Å². The van der Waals surface area contributed by atoms with Crippen molar-refractivity contribution in [3.05, 3.63) is 29.8 Å². The molecule has 0 amide bonds. The van der Waals surface area contributed by atoms with Crippen molar-refractivity contribution in [3.63, 3.8) is 0 Å². The number of hydrogen-bond donors (Lipinski definition) is 2. The van der Waals surface area contributed by atoms with Crippen molar-refractivity contribution in [2.45, 2.75) is 19.8 Å². The number of benzene rings is 1. The standard InChI is InChI=1S/C9H13BO3/c1-7(2)8-5-3-4-6-9(8)13-10(11)12/h3-7,11-12H,1-2H3. The monoisotopic (exact) mass is 180 g/mol. The predicted molar refractivity (Wildman–Crippen MR) is 51.4 cm³/mol. The lowest BCUT2D eigenvalue weighted by molar-refractivity contribution is 0.286. The highest BCUT2D eigenvalue weighted by Gasteiger charge is 2.14. The van der Waals surface area contributed by atoms with Crippen LogP contribution in [0, 0.1) is 0 Å². The van der Waals surface area contributed by atoms with Crippen molar-refractivity contribution in [2.75, 3.05) is 0 Å². The molecule has 0 unspecified atom stereocenters. The van der Waals surface area contributed by atoms with Gasteiger partial charge in [0, 0.05) is 0 Å². The van der Waals surface area contributed by atoms with E-state index in [2.05, 4.69) is 0 Å². The molecule has 1 aromatic rings. The van der Waals surface area contributed by atoms with Gasteiger partial charge in [0.25, 0.3) is 0 Å². The maximum Gasteiger partial charge on any atom is 0.707 e. The summed E-state index contributed by atoms with van der Waals surface area (Å²) < 4.78 is 4.82. The minimum atomic E-state index is -1.75. The molecular formula is C9H13BO3. The molecule has 0 fully saturated rings. The van der Waals surface area contributed by atoms with E-state index in [1.807, 2.05) is 26.0 Å². The Hall–Kier alpha value is -0.995. The third kappa shape index (κ3) is 2.75. The predicted octanol–water partition coefficient (Wildman–Crippen LogP) is 1.16. The highest BCUT2D eigenvalue weighted by molar-refractivity contribution is 6.33. The van der Waals surface area contributed by atoms with Crippen LogP contribution in [0.5, 0.6) is 5.75 Å². The van der Waals surface area contributed by atoms with Crippen molar-refractivity contribution >= 4 is 7.32 Å². The molecule has 0 radical (unpaired) electrons. The summed E-state index contributed by atoms with van der Waals surface area (Å²) in [6.07, 6.45) is 0. The second-order valence-corrected chi connectivity index (χ2v) is 3.14. The Morgan fingerprint density at radius 2 is 1.85 bits per heavy atom. The Labute approximate surface area is 78.2 Å². The summed E-state index contributed by atoms with van der Waals surface area (Å²) in [7, 11) is -1.75. The smallest absolute Gasteiger partial charge is 0.512 e. The molecule has 70 valence electrons. The molecule has 0 bridgehead atoms. The van der Waals surface area contributed by atoms with Crippen LogP contribution < -0.4 is 4.65 Å². The van der Waals surface area contributed by atoms with Crippen molar-refractivity contribution < 1.29 is 14.7 Å². The zero-order valence-electron chi connectivity index (χ0n) is 7.77. The van der Waals surface area contributed by atoms with Crippen LogP contribution in [0.15, 0.2) is 24.3 Å². The maximum atomic E-state index is 8.65. The van der Waals surface area contributed by atoms with Crippen LogP contribution in [0.25, 0.3) is 0 Å². The fourth-order valence-electron chi connectivity index (χ4n) is 1.18. The van der Waals surface area contributed by atoms with Crippen molar-refractivity contribution in [2.24, 2.45) is 0 Å². The van der Waals surface area contributed by atoms with Gasteiger partial charge in [0.15, 0.2) is 0 Å². The highest BCUT2D eigenvalue weighted by Crippen LogP contribution is 2.25. The van der Waals surface area contributed by atoms with E-state index in [0.29, 0.717) is 11.7 Å². The average molecular weight is 180 g/mol. The molecule has 0 atom stereocenters. The third-order valence-electron chi connectivity index (χ3n) is 1.77. The van der Waals surface area contributed by atoms with E-state index in [1.165, 1.54) is 0 Å². The van der Waals surface area contributed by atoms with Crippen LogP contribution in [0.2, 0.25) is 0 Å². The van der Waals surface area contributed by atoms with Gasteiger partial charge >= 0.3 is 7.32 Å². The van der Waals surface area contributed by atoms with Crippen molar-refractivity contribution in [1.29, 1.82) is 0 Å². The first-order valence-electron chi connectivity index (χ1n) is 4.23. The summed E-state index contributed by atoms with van der Waals surface area (Å²) in [4.78, 5) is 0. The van der Waals surface area contributed by atoms with Gasteiger partial charge in [-0.1, -0.05) is 32.0 Å². The van der Waals surface area contributed by atoms with Crippen molar-refractivity contribution in [3.8, 4) is 5.75 Å². The third-order valence-corrected chi connectivity index (χ3v) is 1.77. The lowest BCUT2D eigenvalue weighted by Crippen LogP contribution is -2.21.